The minimum atomic E-state index is -3.32. The third-order valence-corrected chi connectivity index (χ3v) is 6.73. The molecule has 2 heterocycles. The minimum Gasteiger partial charge on any atom is -0.370 e. The summed E-state index contributed by atoms with van der Waals surface area (Å²) in [5, 5.41) is 12.8. The second kappa shape index (κ2) is 7.41. The van der Waals surface area contributed by atoms with Gasteiger partial charge in [0.15, 0.2) is 5.65 Å². The molecule has 28 heavy (non-hydrogen) atoms. The number of sulfonamides is 1. The SMILES string of the molecule is Cc1cc(NCCS(=O)(=O)NCC2CCC2)n2c(nc3ccccc32)c1C#N. The van der Waals surface area contributed by atoms with Crippen molar-refractivity contribution in [1.82, 2.24) is 14.1 Å². The summed E-state index contributed by atoms with van der Waals surface area (Å²) in [6.07, 6.45) is 3.41. The number of nitrogens with zero attached hydrogens (tertiary/aromatic N) is 3. The fourth-order valence-corrected chi connectivity index (χ4v) is 4.56. The van der Waals surface area contributed by atoms with E-state index in [1.165, 1.54) is 6.42 Å². The van der Waals surface area contributed by atoms with E-state index in [1.54, 1.807) is 0 Å². The molecule has 0 aliphatic heterocycles. The number of nitrogens with one attached hydrogen (secondary N) is 2. The van der Waals surface area contributed by atoms with E-state index in [9.17, 15) is 13.7 Å². The van der Waals surface area contributed by atoms with E-state index in [0.29, 0.717) is 23.7 Å². The average molecular weight is 398 g/mol. The molecule has 1 aromatic carbocycles. The molecule has 0 saturated heterocycles. The van der Waals surface area contributed by atoms with Gasteiger partial charge in [-0.05, 0) is 49.4 Å². The van der Waals surface area contributed by atoms with Crippen molar-refractivity contribution in [2.45, 2.75) is 26.2 Å². The summed E-state index contributed by atoms with van der Waals surface area (Å²) in [6.45, 7) is 2.67. The number of aromatic nitrogens is 2. The van der Waals surface area contributed by atoms with Crippen molar-refractivity contribution in [2.75, 3.05) is 24.2 Å². The molecule has 1 fully saturated rings. The molecule has 0 spiro atoms. The Kier molecular flexibility index (Phi) is 4.96. The van der Waals surface area contributed by atoms with Gasteiger partial charge in [-0.2, -0.15) is 5.26 Å². The van der Waals surface area contributed by atoms with Crippen LogP contribution in [0.4, 0.5) is 5.82 Å². The Bertz CT molecular complexity index is 1170. The van der Waals surface area contributed by atoms with Gasteiger partial charge in [0.2, 0.25) is 10.0 Å². The topological polar surface area (TPSA) is 99.3 Å². The van der Waals surface area contributed by atoms with Gasteiger partial charge in [-0.15, -0.1) is 0 Å². The second-order valence-electron chi connectivity index (χ2n) is 7.35. The van der Waals surface area contributed by atoms with Gasteiger partial charge in [-0.3, -0.25) is 4.40 Å². The summed E-state index contributed by atoms with van der Waals surface area (Å²) >= 11 is 0. The quantitative estimate of drug-likeness (QED) is 0.639. The number of hydrogen-bond acceptors (Lipinski definition) is 5. The maximum Gasteiger partial charge on any atom is 0.213 e. The molecule has 8 heteroatoms. The van der Waals surface area contributed by atoms with Crippen LogP contribution in [0, 0.1) is 24.2 Å². The molecular formula is C20H23N5O2S. The van der Waals surface area contributed by atoms with Gasteiger partial charge in [0.1, 0.15) is 11.9 Å². The Labute approximate surface area is 164 Å². The monoisotopic (exact) mass is 397 g/mol. The van der Waals surface area contributed by atoms with Gasteiger partial charge in [-0.25, -0.2) is 18.1 Å². The first-order valence-electron chi connectivity index (χ1n) is 9.50. The van der Waals surface area contributed by atoms with E-state index < -0.39 is 10.0 Å². The molecule has 0 radical (unpaired) electrons. The molecule has 2 N–H and O–H groups in total. The first kappa shape index (κ1) is 18.7. The van der Waals surface area contributed by atoms with Gasteiger partial charge in [0.25, 0.3) is 0 Å². The number of benzene rings is 1. The lowest BCUT2D eigenvalue weighted by atomic mass is 9.86. The number of rotatable bonds is 7. The lowest BCUT2D eigenvalue weighted by Crippen LogP contribution is -2.35. The van der Waals surface area contributed by atoms with Crippen LogP contribution in [-0.2, 0) is 10.0 Å². The smallest absolute Gasteiger partial charge is 0.213 e. The molecule has 0 bridgehead atoms. The Morgan fingerprint density at radius 3 is 2.82 bits per heavy atom. The molecule has 1 saturated carbocycles. The van der Waals surface area contributed by atoms with Crippen LogP contribution in [0.1, 0.15) is 30.4 Å². The lowest BCUT2D eigenvalue weighted by molar-refractivity contribution is 0.316. The average Bonchev–Trinajstić information content (AvgIpc) is 2.99. The van der Waals surface area contributed by atoms with Crippen LogP contribution in [-0.4, -0.2) is 36.6 Å². The van der Waals surface area contributed by atoms with Gasteiger partial charge >= 0.3 is 0 Å². The molecule has 0 atom stereocenters. The number of aryl methyl sites for hydroxylation is 1. The van der Waals surface area contributed by atoms with Crippen molar-refractivity contribution >= 4 is 32.5 Å². The molecule has 2 aromatic heterocycles. The van der Waals surface area contributed by atoms with Crippen LogP contribution in [0.3, 0.4) is 0 Å². The van der Waals surface area contributed by atoms with E-state index in [4.69, 9.17) is 0 Å². The molecule has 1 aliphatic rings. The summed E-state index contributed by atoms with van der Waals surface area (Å²) in [5.41, 5.74) is 3.58. The zero-order valence-electron chi connectivity index (χ0n) is 15.8. The van der Waals surface area contributed by atoms with Gasteiger partial charge in [0.05, 0.1) is 22.3 Å². The Morgan fingerprint density at radius 1 is 1.32 bits per heavy atom. The molecule has 3 aromatic rings. The Balaban J connectivity index is 1.57. The van der Waals surface area contributed by atoms with Gasteiger partial charge in [0, 0.05) is 13.1 Å². The van der Waals surface area contributed by atoms with Gasteiger partial charge in [-0.1, -0.05) is 18.6 Å². The molecule has 146 valence electrons. The summed E-state index contributed by atoms with van der Waals surface area (Å²) in [7, 11) is -3.32. The van der Waals surface area contributed by atoms with Crippen molar-refractivity contribution in [3.63, 3.8) is 0 Å². The van der Waals surface area contributed by atoms with Gasteiger partial charge < -0.3 is 5.32 Å². The predicted molar refractivity (Wildman–Crippen MR) is 110 cm³/mol. The third-order valence-electron chi connectivity index (χ3n) is 5.38. The third kappa shape index (κ3) is 3.55. The van der Waals surface area contributed by atoms with Crippen molar-refractivity contribution in [3.05, 3.63) is 41.5 Å². The van der Waals surface area contributed by atoms with Crippen molar-refractivity contribution < 1.29 is 8.42 Å². The summed E-state index contributed by atoms with van der Waals surface area (Å²) in [6, 6.07) is 11.8. The van der Waals surface area contributed by atoms with Crippen molar-refractivity contribution in [2.24, 2.45) is 5.92 Å². The van der Waals surface area contributed by atoms with E-state index >= 15 is 0 Å². The van der Waals surface area contributed by atoms with E-state index in [0.717, 1.165) is 35.3 Å². The maximum absolute atomic E-state index is 12.2. The molecule has 1 aliphatic carbocycles. The molecule has 7 nitrogen and oxygen atoms in total. The zero-order valence-corrected chi connectivity index (χ0v) is 16.6. The summed E-state index contributed by atoms with van der Waals surface area (Å²) < 4.78 is 29.1. The molecule has 4 rings (SSSR count). The minimum absolute atomic E-state index is 0.00705. The zero-order chi connectivity index (χ0) is 19.7. The number of nitriles is 1. The number of anilines is 1. The van der Waals surface area contributed by atoms with E-state index in [-0.39, 0.29) is 12.3 Å². The normalized spacial score (nSPS) is 14.9. The van der Waals surface area contributed by atoms with Crippen LogP contribution < -0.4 is 10.0 Å². The fraction of sp³-hybridized carbons (Fsp3) is 0.400. The number of para-hydroxylation sites is 2. The Hall–Kier alpha value is -2.63. The first-order valence-corrected chi connectivity index (χ1v) is 11.2. The molecule has 0 amide bonds. The van der Waals surface area contributed by atoms with E-state index in [2.05, 4.69) is 21.1 Å². The van der Waals surface area contributed by atoms with E-state index in [1.807, 2.05) is 41.7 Å². The molecular weight excluding hydrogens is 374 g/mol. The second-order valence-corrected chi connectivity index (χ2v) is 9.28. The predicted octanol–water partition coefficient (Wildman–Crippen LogP) is 2.80. The fourth-order valence-electron chi connectivity index (χ4n) is 3.55. The number of imidazole rings is 1. The lowest BCUT2D eigenvalue weighted by Gasteiger charge is -2.25. The highest BCUT2D eigenvalue weighted by Crippen LogP contribution is 2.27. The standard InChI is InChI=1S/C20H23N5O2S/c1-14-11-19(22-9-10-28(26,27)23-13-15-5-4-6-15)25-18-8-3-2-7-17(18)24-20(25)16(14)12-21/h2-3,7-8,11,15,22-23H,4-6,9-10,13H2,1H3. The highest BCUT2D eigenvalue weighted by atomic mass is 32.2. The number of fused-ring (bicyclic) bond motifs is 3. The van der Waals surface area contributed by atoms with Crippen LogP contribution in [0.2, 0.25) is 0 Å². The van der Waals surface area contributed by atoms with Crippen LogP contribution >= 0.6 is 0 Å². The number of hydrogen-bond donors (Lipinski definition) is 2. The highest BCUT2D eigenvalue weighted by molar-refractivity contribution is 7.89. The largest absolute Gasteiger partial charge is 0.370 e. The number of pyridine rings is 1. The summed E-state index contributed by atoms with van der Waals surface area (Å²) in [5.74, 6) is 1.21. The maximum atomic E-state index is 12.2. The molecule has 0 unspecified atom stereocenters. The summed E-state index contributed by atoms with van der Waals surface area (Å²) in [4.78, 5) is 4.60. The Morgan fingerprint density at radius 2 is 2.11 bits per heavy atom. The van der Waals surface area contributed by atoms with Crippen LogP contribution in [0.15, 0.2) is 30.3 Å². The first-order chi connectivity index (χ1) is 13.5. The van der Waals surface area contributed by atoms with Crippen LogP contribution in [0.5, 0.6) is 0 Å². The highest BCUT2D eigenvalue weighted by Gasteiger charge is 2.20. The van der Waals surface area contributed by atoms with Crippen molar-refractivity contribution in [3.8, 4) is 6.07 Å². The van der Waals surface area contributed by atoms with Crippen molar-refractivity contribution in [1.29, 1.82) is 5.26 Å². The van der Waals surface area contributed by atoms with Crippen LogP contribution in [0.25, 0.3) is 16.7 Å².